The Bertz CT molecular complexity index is 816. The Labute approximate surface area is 157 Å². The van der Waals surface area contributed by atoms with Crippen molar-refractivity contribution in [3.05, 3.63) is 41.7 Å². The third kappa shape index (κ3) is 3.80. The molecule has 8 heteroatoms. The summed E-state index contributed by atoms with van der Waals surface area (Å²) in [6.07, 6.45) is 1.09. The Morgan fingerprint density at radius 1 is 1.30 bits per heavy atom. The quantitative estimate of drug-likeness (QED) is 0.883. The van der Waals surface area contributed by atoms with Gasteiger partial charge in [0.2, 0.25) is 0 Å². The van der Waals surface area contributed by atoms with Gasteiger partial charge in [-0.3, -0.25) is 4.79 Å². The van der Waals surface area contributed by atoms with Crippen LogP contribution in [0.4, 0.5) is 4.39 Å². The lowest BCUT2D eigenvalue weighted by molar-refractivity contribution is -0.139. The Morgan fingerprint density at radius 2 is 2.11 bits per heavy atom. The van der Waals surface area contributed by atoms with Gasteiger partial charge in [0.1, 0.15) is 23.2 Å². The van der Waals surface area contributed by atoms with Crippen molar-refractivity contribution in [3.8, 4) is 5.75 Å². The molecule has 2 aliphatic heterocycles. The third-order valence-electron chi connectivity index (χ3n) is 5.28. The maximum absolute atomic E-state index is 13.3. The number of benzene rings is 1. The second-order valence-electron chi connectivity index (χ2n) is 7.12. The van der Waals surface area contributed by atoms with Crippen LogP contribution < -0.4 is 10.1 Å². The molecule has 2 aliphatic rings. The van der Waals surface area contributed by atoms with Crippen LogP contribution in [-0.2, 0) is 17.9 Å². The molecular weight excluding hydrogens is 349 g/mol. The van der Waals surface area contributed by atoms with E-state index in [9.17, 15) is 9.18 Å². The van der Waals surface area contributed by atoms with E-state index in [1.807, 2.05) is 4.90 Å². The van der Waals surface area contributed by atoms with Gasteiger partial charge in [-0.15, -0.1) is 10.2 Å². The van der Waals surface area contributed by atoms with Crippen LogP contribution in [0, 0.1) is 5.82 Å². The van der Waals surface area contributed by atoms with E-state index >= 15 is 0 Å². The number of halogens is 1. The van der Waals surface area contributed by atoms with Crippen LogP contribution in [0.15, 0.2) is 24.3 Å². The van der Waals surface area contributed by atoms with E-state index in [1.54, 1.807) is 19.1 Å². The molecule has 1 aromatic heterocycles. The highest BCUT2D eigenvalue weighted by atomic mass is 19.1. The number of fused-ring (bicyclic) bond motifs is 1. The fourth-order valence-corrected chi connectivity index (χ4v) is 3.83. The second-order valence-corrected chi connectivity index (χ2v) is 7.12. The Hall–Kier alpha value is -2.48. The van der Waals surface area contributed by atoms with E-state index in [4.69, 9.17) is 4.74 Å². The first-order chi connectivity index (χ1) is 13.1. The van der Waals surface area contributed by atoms with Gasteiger partial charge in [0, 0.05) is 38.2 Å². The van der Waals surface area contributed by atoms with E-state index in [0.29, 0.717) is 24.8 Å². The standard InChI is InChI=1S/C19H24FN5O2/c1-13(27-16-4-2-3-15(20)11-16)19(26)24-8-5-14(6-9-24)18-23-22-17-12-21-7-10-25(17)18/h2-4,11,13-14,21H,5-10,12H2,1H3. The van der Waals surface area contributed by atoms with Crippen LogP contribution in [0.2, 0.25) is 0 Å². The zero-order valence-electron chi connectivity index (χ0n) is 15.4. The van der Waals surface area contributed by atoms with Crippen molar-refractivity contribution in [2.45, 2.75) is 44.9 Å². The number of likely N-dealkylation sites (tertiary alicyclic amines) is 1. The lowest BCUT2D eigenvalue weighted by Crippen LogP contribution is -2.44. The van der Waals surface area contributed by atoms with Gasteiger partial charge in [-0.2, -0.15) is 0 Å². The minimum Gasteiger partial charge on any atom is -0.481 e. The monoisotopic (exact) mass is 373 g/mol. The zero-order valence-corrected chi connectivity index (χ0v) is 15.4. The molecular formula is C19H24FN5O2. The molecule has 1 aromatic carbocycles. The number of piperidine rings is 1. The summed E-state index contributed by atoms with van der Waals surface area (Å²) >= 11 is 0. The summed E-state index contributed by atoms with van der Waals surface area (Å²) in [5.74, 6) is 2.29. The largest absolute Gasteiger partial charge is 0.481 e. The van der Waals surface area contributed by atoms with E-state index in [0.717, 1.165) is 44.1 Å². The van der Waals surface area contributed by atoms with Crippen molar-refractivity contribution < 1.29 is 13.9 Å². The zero-order chi connectivity index (χ0) is 18.8. The average Bonchev–Trinajstić information content (AvgIpc) is 3.12. The summed E-state index contributed by atoms with van der Waals surface area (Å²) in [7, 11) is 0. The Balaban J connectivity index is 1.34. The lowest BCUT2D eigenvalue weighted by atomic mass is 9.95. The highest BCUT2D eigenvalue weighted by Gasteiger charge is 2.30. The Morgan fingerprint density at radius 3 is 2.89 bits per heavy atom. The number of aromatic nitrogens is 3. The van der Waals surface area contributed by atoms with Crippen LogP contribution in [0.3, 0.4) is 0 Å². The minimum absolute atomic E-state index is 0.0646. The highest BCUT2D eigenvalue weighted by Crippen LogP contribution is 2.28. The molecule has 0 bridgehead atoms. The summed E-state index contributed by atoms with van der Waals surface area (Å²) < 4.78 is 21.1. The van der Waals surface area contributed by atoms with Gasteiger partial charge in [-0.1, -0.05) is 6.07 Å². The Kier molecular flexibility index (Phi) is 5.07. The number of nitrogens with zero attached hydrogens (tertiary/aromatic N) is 4. The van der Waals surface area contributed by atoms with Crippen LogP contribution in [-0.4, -0.2) is 51.3 Å². The fraction of sp³-hybridized carbons (Fsp3) is 0.526. The smallest absolute Gasteiger partial charge is 0.263 e. The van der Waals surface area contributed by atoms with Gasteiger partial charge >= 0.3 is 0 Å². The number of nitrogens with one attached hydrogen (secondary N) is 1. The van der Waals surface area contributed by atoms with Crippen molar-refractivity contribution in [1.29, 1.82) is 0 Å². The molecule has 4 rings (SSSR count). The number of carbonyl (C=O) groups excluding carboxylic acids is 1. The van der Waals surface area contributed by atoms with E-state index in [2.05, 4.69) is 20.1 Å². The molecule has 0 aliphatic carbocycles. The van der Waals surface area contributed by atoms with Crippen molar-refractivity contribution in [2.24, 2.45) is 0 Å². The minimum atomic E-state index is -0.643. The second kappa shape index (κ2) is 7.64. The average molecular weight is 373 g/mol. The SMILES string of the molecule is CC(Oc1cccc(F)c1)C(=O)N1CCC(c2nnc3n2CCNC3)CC1. The number of ether oxygens (including phenoxy) is 1. The maximum atomic E-state index is 13.3. The van der Waals surface area contributed by atoms with Crippen LogP contribution in [0.1, 0.15) is 37.3 Å². The first-order valence-corrected chi connectivity index (χ1v) is 9.45. The summed E-state index contributed by atoms with van der Waals surface area (Å²) in [6, 6.07) is 5.87. The number of amides is 1. The molecule has 1 atom stereocenters. The van der Waals surface area contributed by atoms with Crippen molar-refractivity contribution in [2.75, 3.05) is 19.6 Å². The van der Waals surface area contributed by atoms with Crippen molar-refractivity contribution >= 4 is 5.91 Å². The molecule has 1 fully saturated rings. The predicted octanol–water partition coefficient (Wildman–Crippen LogP) is 1.69. The van der Waals surface area contributed by atoms with Gasteiger partial charge < -0.3 is 19.5 Å². The van der Waals surface area contributed by atoms with E-state index in [1.165, 1.54) is 12.1 Å². The summed E-state index contributed by atoms with van der Waals surface area (Å²) in [5.41, 5.74) is 0. The molecule has 0 radical (unpaired) electrons. The molecule has 1 amide bonds. The molecule has 1 saturated heterocycles. The maximum Gasteiger partial charge on any atom is 0.263 e. The summed E-state index contributed by atoms with van der Waals surface area (Å²) in [4.78, 5) is 14.5. The number of carbonyl (C=O) groups is 1. The van der Waals surface area contributed by atoms with Gasteiger partial charge in [0.05, 0.1) is 6.54 Å². The van der Waals surface area contributed by atoms with E-state index in [-0.39, 0.29) is 11.7 Å². The molecule has 0 saturated carbocycles. The van der Waals surface area contributed by atoms with Gasteiger partial charge in [0.25, 0.3) is 5.91 Å². The van der Waals surface area contributed by atoms with Crippen molar-refractivity contribution in [1.82, 2.24) is 25.0 Å². The molecule has 27 heavy (non-hydrogen) atoms. The highest BCUT2D eigenvalue weighted by molar-refractivity contribution is 5.81. The molecule has 0 spiro atoms. The van der Waals surface area contributed by atoms with Gasteiger partial charge in [-0.25, -0.2) is 4.39 Å². The molecule has 3 heterocycles. The normalized spacial score (nSPS) is 18.8. The first-order valence-electron chi connectivity index (χ1n) is 9.45. The number of rotatable bonds is 4. The fourth-order valence-electron chi connectivity index (χ4n) is 3.83. The molecule has 2 aromatic rings. The molecule has 7 nitrogen and oxygen atoms in total. The molecule has 1 N–H and O–H groups in total. The third-order valence-corrected chi connectivity index (χ3v) is 5.28. The molecule has 144 valence electrons. The van der Waals surface area contributed by atoms with E-state index < -0.39 is 6.10 Å². The number of hydrogen-bond acceptors (Lipinski definition) is 5. The van der Waals surface area contributed by atoms with Crippen molar-refractivity contribution in [3.63, 3.8) is 0 Å². The first kappa shape index (κ1) is 17.9. The predicted molar refractivity (Wildman–Crippen MR) is 96.8 cm³/mol. The lowest BCUT2D eigenvalue weighted by Gasteiger charge is -2.33. The topological polar surface area (TPSA) is 72.3 Å². The van der Waals surface area contributed by atoms with Crippen LogP contribution in [0.25, 0.3) is 0 Å². The summed E-state index contributed by atoms with van der Waals surface area (Å²) in [5, 5.41) is 12.0. The van der Waals surface area contributed by atoms with Gasteiger partial charge in [-0.05, 0) is 31.9 Å². The van der Waals surface area contributed by atoms with Crippen LogP contribution in [0.5, 0.6) is 5.75 Å². The summed E-state index contributed by atoms with van der Waals surface area (Å²) in [6.45, 7) is 5.64. The van der Waals surface area contributed by atoms with Crippen LogP contribution >= 0.6 is 0 Å². The number of hydrogen-bond donors (Lipinski definition) is 1. The van der Waals surface area contributed by atoms with Gasteiger partial charge in [0.15, 0.2) is 6.10 Å². The molecule has 1 unspecified atom stereocenters.